The smallest absolute Gasteiger partial charge is 0.317 e. The predicted octanol–water partition coefficient (Wildman–Crippen LogP) is 5.65. The number of ketones is 7. The maximum atomic E-state index is 13.1. The van der Waals surface area contributed by atoms with Crippen LogP contribution in [0.3, 0.4) is 0 Å². The molecule has 2 rings (SSSR count). The van der Waals surface area contributed by atoms with E-state index in [1.165, 1.54) is 6.92 Å². The zero-order valence-corrected chi connectivity index (χ0v) is 76.9. The van der Waals surface area contributed by atoms with E-state index in [9.17, 15) is 43.5 Å². The lowest BCUT2D eigenvalue weighted by atomic mass is 10.1. The Labute approximate surface area is 731 Å². The van der Waals surface area contributed by atoms with Crippen LogP contribution in [0.2, 0.25) is 0 Å². The van der Waals surface area contributed by atoms with E-state index in [-0.39, 0.29) is 66.7 Å². The van der Waals surface area contributed by atoms with Crippen molar-refractivity contribution in [1.29, 1.82) is 0 Å². The largest absolute Gasteiger partial charge is 0.480 e. The van der Waals surface area contributed by atoms with Gasteiger partial charge in [0.1, 0.15) is 40.5 Å². The fourth-order valence-electron chi connectivity index (χ4n) is 13.9. The van der Waals surface area contributed by atoms with Crippen LogP contribution >= 0.6 is 0 Å². The van der Waals surface area contributed by atoms with Crippen molar-refractivity contribution in [2.75, 3.05) is 342 Å². The fraction of sp³-hybridized carbons (Fsp3) is 0.886. The van der Waals surface area contributed by atoms with Crippen molar-refractivity contribution >= 4 is 46.5 Å². The van der Waals surface area contributed by atoms with E-state index >= 15 is 0 Å². The van der Waals surface area contributed by atoms with Crippen LogP contribution in [0.4, 0.5) is 0 Å². The first-order valence-corrected chi connectivity index (χ1v) is 46.0. The monoisotopic (exact) mass is 1750 g/mol. The van der Waals surface area contributed by atoms with Gasteiger partial charge >= 0.3 is 5.97 Å². The molecular formula is C88H166N10O24+2. The summed E-state index contributed by atoms with van der Waals surface area (Å²) in [7, 11) is 0. The molecule has 0 aromatic carbocycles. The first-order chi connectivity index (χ1) is 59.3. The van der Waals surface area contributed by atoms with Crippen molar-refractivity contribution in [3.05, 3.63) is 11.9 Å². The first kappa shape index (κ1) is 113. The quantitative estimate of drug-likeness (QED) is 0.0608. The van der Waals surface area contributed by atoms with Crippen molar-refractivity contribution in [3.63, 3.8) is 0 Å². The van der Waals surface area contributed by atoms with Crippen LogP contribution in [0.1, 0.15) is 164 Å². The summed E-state index contributed by atoms with van der Waals surface area (Å²) in [4.78, 5) is 110. The van der Waals surface area contributed by atoms with Crippen LogP contribution in [-0.4, -0.2) is 442 Å². The molecule has 0 saturated carbocycles. The van der Waals surface area contributed by atoms with Gasteiger partial charge in [-0.15, -0.1) is 5.10 Å². The van der Waals surface area contributed by atoms with Crippen molar-refractivity contribution in [3.8, 4) is 0 Å². The number of aromatic nitrogens is 3. The maximum Gasteiger partial charge on any atom is 0.317 e. The summed E-state index contributed by atoms with van der Waals surface area (Å²) < 4.78 is 88.8. The number of hydrogen-bond acceptors (Lipinski definition) is 30. The number of carbonyl (C=O) groups excluding carboxylic acids is 7. The minimum Gasteiger partial charge on any atom is -0.480 e. The zero-order valence-electron chi connectivity index (χ0n) is 76.9. The Hall–Kier alpha value is -4.58. The number of carboxylic acids is 1. The van der Waals surface area contributed by atoms with Gasteiger partial charge in [-0.25, -0.2) is 4.68 Å². The Bertz CT molecular complexity index is 2620. The zero-order chi connectivity index (χ0) is 88.9. The Morgan fingerprint density at radius 1 is 0.320 bits per heavy atom. The summed E-state index contributed by atoms with van der Waals surface area (Å²) in [6.45, 7) is 44.6. The molecule has 1 fully saturated rings. The molecule has 1 N–H and O–H groups in total. The molecule has 0 spiro atoms. The molecule has 0 bridgehead atoms. The van der Waals surface area contributed by atoms with Gasteiger partial charge in [0.2, 0.25) is 0 Å². The van der Waals surface area contributed by atoms with Crippen LogP contribution in [0.25, 0.3) is 0 Å². The van der Waals surface area contributed by atoms with Gasteiger partial charge in [-0.2, -0.15) is 0 Å². The molecule has 0 amide bonds. The SMILES string of the molecule is CC[N+](CC)(CC)CCCCC(=O)CCOCCOCCOCCOCCCC(=O)CCN(CCC(=O)CCCOCCOCCOCCOCCC(=O)CCCC[N+](CC)(CC)CC)Cc1cn(CCOCCOCCOCCOCCOCCOCCOCCCC(=O)CN2CCN(CC(C)=O)CCN(CC(C)=O)CCN(CC(=O)O)CC2)nn1. The third-order valence-corrected chi connectivity index (χ3v) is 21.9. The summed E-state index contributed by atoms with van der Waals surface area (Å²) in [5, 5.41) is 18.3. The van der Waals surface area contributed by atoms with Crippen LogP contribution in [0, 0.1) is 0 Å². The molecule has 1 saturated heterocycles. The van der Waals surface area contributed by atoms with E-state index in [1.54, 1.807) is 11.6 Å². The molecular weight excluding hydrogens is 1580 g/mol. The van der Waals surface area contributed by atoms with E-state index in [0.717, 1.165) is 87.0 Å². The average molecular weight is 1750 g/mol. The fourth-order valence-corrected chi connectivity index (χ4v) is 13.9. The Balaban J connectivity index is 1.59. The number of aliphatic carboxylic acids is 1. The highest BCUT2D eigenvalue weighted by Gasteiger charge is 2.24. The third kappa shape index (κ3) is 65.9. The number of nitrogens with zero attached hydrogens (tertiary/aromatic N) is 10. The summed E-state index contributed by atoms with van der Waals surface area (Å²) in [6, 6.07) is 0. The third-order valence-electron chi connectivity index (χ3n) is 21.9. The minimum absolute atomic E-state index is 0.0257. The maximum absolute atomic E-state index is 13.1. The van der Waals surface area contributed by atoms with Crippen molar-refractivity contribution < 1.29 is 123 Å². The second-order valence-corrected chi connectivity index (χ2v) is 31.3. The predicted molar refractivity (Wildman–Crippen MR) is 465 cm³/mol. The number of carboxylic acid groups (broad SMARTS) is 1. The number of quaternary nitrogens is 2. The molecule has 0 aliphatic carbocycles. The number of ether oxygens (including phenoxy) is 15. The van der Waals surface area contributed by atoms with Gasteiger partial charge in [0.05, 0.1) is 269 Å². The molecule has 1 aliphatic rings. The molecule has 1 aromatic rings. The number of carbonyl (C=O) groups is 8. The summed E-state index contributed by atoms with van der Waals surface area (Å²) >= 11 is 0. The molecule has 710 valence electrons. The lowest BCUT2D eigenvalue weighted by molar-refractivity contribution is -0.923. The Kier molecular flexibility index (Phi) is 73.2. The normalized spacial score (nSPS) is 13.9. The Morgan fingerprint density at radius 3 is 0.885 bits per heavy atom. The van der Waals surface area contributed by atoms with Crippen molar-refractivity contribution in [2.45, 2.75) is 171 Å². The van der Waals surface area contributed by atoms with Gasteiger partial charge in [0.15, 0.2) is 0 Å². The summed E-state index contributed by atoms with van der Waals surface area (Å²) in [5.74, 6) is -0.0754. The molecule has 1 aromatic heterocycles. The average Bonchev–Trinajstić information content (AvgIpc) is 1.70. The minimum atomic E-state index is -0.933. The molecule has 0 radical (unpaired) electrons. The van der Waals surface area contributed by atoms with E-state index in [0.29, 0.717) is 359 Å². The topological polar surface area (TPSA) is 342 Å². The molecule has 1 aliphatic heterocycles. The second-order valence-electron chi connectivity index (χ2n) is 31.3. The number of rotatable bonds is 89. The van der Waals surface area contributed by atoms with Crippen LogP contribution in [-0.2, 0) is 122 Å². The summed E-state index contributed by atoms with van der Waals surface area (Å²) in [6.07, 6.45) is 11.4. The highest BCUT2D eigenvalue weighted by atomic mass is 16.6. The number of unbranched alkanes of at least 4 members (excludes halogenated alkanes) is 2. The van der Waals surface area contributed by atoms with E-state index in [4.69, 9.17) is 71.1 Å². The molecule has 34 heteroatoms. The van der Waals surface area contributed by atoms with Gasteiger partial charge in [-0.1, -0.05) is 5.21 Å². The van der Waals surface area contributed by atoms with Gasteiger partial charge in [0.25, 0.3) is 0 Å². The first-order valence-electron chi connectivity index (χ1n) is 46.0. The number of Topliss-reactive ketones (excluding diaryl/α,β-unsaturated/α-hetero) is 7. The summed E-state index contributed by atoms with van der Waals surface area (Å²) in [5.41, 5.74) is 0.715. The van der Waals surface area contributed by atoms with E-state index in [1.807, 2.05) is 20.9 Å². The number of hydrogen-bond donors (Lipinski definition) is 1. The van der Waals surface area contributed by atoms with Crippen LogP contribution < -0.4 is 0 Å². The highest BCUT2D eigenvalue weighted by molar-refractivity contribution is 5.81. The highest BCUT2D eigenvalue weighted by Crippen LogP contribution is 2.14. The standard InChI is InChI=1S/C88H165N10O24/c1-9-97(10-2,11-3)42-17-15-22-85(103)29-47-111-53-59-117-65-62-114-56-50-108-44-19-24-83(101)27-31-91(32-28-84(102)25-20-45-109-51-57-115-63-66-118-60-54-112-48-30-86(104)23-16-18-43-98(12-4,13-5)14-6)76-82-77-96(90-89-82)41-49-113-55-61-119-67-69-121-71-73-122-72-70-120-68-64-116-58-52-110-46-21-26-87(105)78-94-37-35-92(74-80(7)99)33-34-93(75-81(8)100)36-39-95(40-38-94)79-88(106)107/h77H,9-76,78-79H2,1-8H3/q+1/p+1. The second kappa shape index (κ2) is 78.7. The molecule has 2 heterocycles. The van der Waals surface area contributed by atoms with Crippen LogP contribution in [0.15, 0.2) is 6.20 Å². The van der Waals surface area contributed by atoms with Gasteiger partial charge < -0.3 is 85.1 Å². The van der Waals surface area contributed by atoms with Gasteiger partial charge in [-0.3, -0.25) is 62.9 Å². The lowest BCUT2D eigenvalue weighted by Crippen LogP contribution is -2.48. The molecule has 34 nitrogen and oxygen atoms in total. The lowest BCUT2D eigenvalue weighted by Gasteiger charge is -2.35. The van der Waals surface area contributed by atoms with Crippen LogP contribution in [0.5, 0.6) is 0 Å². The Morgan fingerprint density at radius 2 is 0.582 bits per heavy atom. The van der Waals surface area contributed by atoms with Crippen molar-refractivity contribution in [1.82, 2.24) is 39.5 Å². The molecule has 0 unspecified atom stereocenters. The van der Waals surface area contributed by atoms with E-state index < -0.39 is 5.97 Å². The molecule has 0 atom stereocenters. The van der Waals surface area contributed by atoms with Gasteiger partial charge in [-0.05, 0) is 100 Å². The van der Waals surface area contributed by atoms with E-state index in [2.05, 4.69) is 61.7 Å². The molecule has 122 heavy (non-hydrogen) atoms. The van der Waals surface area contributed by atoms with Gasteiger partial charge in [0, 0.05) is 156 Å². The van der Waals surface area contributed by atoms with Crippen molar-refractivity contribution in [2.24, 2.45) is 0 Å².